The van der Waals surface area contributed by atoms with Crippen LogP contribution in [0.4, 0.5) is 0 Å². The third-order valence-corrected chi connectivity index (χ3v) is 5.32. The molecule has 2 heterocycles. The zero-order valence-corrected chi connectivity index (χ0v) is 15.8. The number of imidazole rings is 2. The van der Waals surface area contributed by atoms with Crippen molar-refractivity contribution >= 4 is 23.5 Å². The van der Waals surface area contributed by atoms with Crippen molar-refractivity contribution in [3.8, 4) is 11.5 Å². The van der Waals surface area contributed by atoms with Crippen LogP contribution in [0.5, 0.6) is 11.5 Å². The van der Waals surface area contributed by atoms with Crippen LogP contribution in [0.15, 0.2) is 93.4 Å². The maximum atomic E-state index is 5.64. The summed E-state index contributed by atoms with van der Waals surface area (Å²) in [5.41, 5.74) is 0. The van der Waals surface area contributed by atoms with Crippen LogP contribution in [-0.4, -0.2) is 26.7 Å². The van der Waals surface area contributed by atoms with Crippen molar-refractivity contribution in [2.24, 2.45) is 0 Å². The number of nitrogens with one attached hydrogen (secondary N) is 2. The predicted octanol–water partition coefficient (Wildman–Crippen LogP) is 4.85. The molecule has 2 aromatic carbocycles. The van der Waals surface area contributed by atoms with Gasteiger partial charge in [0.1, 0.15) is 11.5 Å². The number of hydrogen-bond acceptors (Lipinski definition) is 6. The summed E-state index contributed by atoms with van der Waals surface area (Å²) in [6, 6.07) is 15.6. The molecule has 0 aliphatic heterocycles. The molecule has 0 bridgehead atoms. The molecule has 0 amide bonds. The minimum absolute atomic E-state index is 0.148. The van der Waals surface area contributed by atoms with Gasteiger partial charge in [-0.1, -0.05) is 23.5 Å². The average Bonchev–Trinajstić information content (AvgIpc) is 3.39. The van der Waals surface area contributed by atoms with E-state index in [1.807, 2.05) is 48.5 Å². The topological polar surface area (TPSA) is 75.8 Å². The summed E-state index contributed by atoms with van der Waals surface area (Å²) in [4.78, 5) is 16.7. The van der Waals surface area contributed by atoms with E-state index in [0.29, 0.717) is 0 Å². The van der Waals surface area contributed by atoms with Gasteiger partial charge in [-0.15, -0.1) is 0 Å². The van der Waals surface area contributed by atoms with E-state index < -0.39 is 0 Å². The Labute approximate surface area is 164 Å². The SMILES string of the molecule is c1c[nH]c(Sc2ccc(OCOc3ccc(Sc4ncc[nH]4)cc3)cc2)n1. The lowest BCUT2D eigenvalue weighted by Gasteiger charge is -2.09. The zero-order valence-electron chi connectivity index (χ0n) is 14.2. The fourth-order valence-electron chi connectivity index (χ4n) is 2.21. The van der Waals surface area contributed by atoms with Crippen LogP contribution in [0, 0.1) is 0 Å². The number of H-pyrrole nitrogens is 2. The molecule has 27 heavy (non-hydrogen) atoms. The molecule has 2 N–H and O–H groups in total. The molecule has 0 spiro atoms. The fraction of sp³-hybridized carbons (Fsp3) is 0.0526. The van der Waals surface area contributed by atoms with Crippen LogP contribution in [0.3, 0.4) is 0 Å². The maximum Gasteiger partial charge on any atom is 0.230 e. The van der Waals surface area contributed by atoms with E-state index in [1.165, 1.54) is 0 Å². The second-order valence-corrected chi connectivity index (χ2v) is 7.47. The van der Waals surface area contributed by atoms with E-state index >= 15 is 0 Å². The van der Waals surface area contributed by atoms with Gasteiger partial charge in [-0.05, 0) is 48.5 Å². The Morgan fingerprint density at radius 2 is 1.11 bits per heavy atom. The Morgan fingerprint density at radius 1 is 0.667 bits per heavy atom. The number of aromatic nitrogens is 4. The fourth-order valence-corrected chi connectivity index (χ4v) is 3.68. The second-order valence-electron chi connectivity index (χ2n) is 5.34. The molecule has 0 aliphatic rings. The lowest BCUT2D eigenvalue weighted by molar-refractivity contribution is 0.120. The van der Waals surface area contributed by atoms with Gasteiger partial charge < -0.3 is 19.4 Å². The largest absolute Gasteiger partial charge is 0.458 e. The predicted molar refractivity (Wildman–Crippen MR) is 104 cm³/mol. The number of aromatic amines is 2. The zero-order chi connectivity index (χ0) is 18.3. The molecule has 0 atom stereocenters. The van der Waals surface area contributed by atoms with Crippen molar-refractivity contribution in [3.05, 3.63) is 73.3 Å². The summed E-state index contributed by atoms with van der Waals surface area (Å²) in [5.74, 6) is 1.51. The normalized spacial score (nSPS) is 10.7. The highest BCUT2D eigenvalue weighted by atomic mass is 32.2. The van der Waals surface area contributed by atoms with E-state index in [-0.39, 0.29) is 6.79 Å². The highest BCUT2D eigenvalue weighted by Crippen LogP contribution is 2.27. The van der Waals surface area contributed by atoms with E-state index in [9.17, 15) is 0 Å². The Morgan fingerprint density at radius 3 is 1.48 bits per heavy atom. The van der Waals surface area contributed by atoms with Crippen LogP contribution >= 0.6 is 23.5 Å². The molecule has 0 unspecified atom stereocenters. The van der Waals surface area contributed by atoms with E-state index in [0.717, 1.165) is 31.6 Å². The summed E-state index contributed by atoms with van der Waals surface area (Å²) < 4.78 is 11.3. The minimum Gasteiger partial charge on any atom is -0.458 e. The molecule has 0 saturated carbocycles. The number of nitrogens with zero attached hydrogens (tertiary/aromatic N) is 2. The average molecular weight is 396 g/mol. The van der Waals surface area contributed by atoms with Gasteiger partial charge >= 0.3 is 0 Å². The first-order chi connectivity index (χ1) is 13.3. The van der Waals surface area contributed by atoms with Gasteiger partial charge in [-0.25, -0.2) is 9.97 Å². The third kappa shape index (κ3) is 5.08. The summed E-state index contributed by atoms with van der Waals surface area (Å²) >= 11 is 3.13. The molecule has 4 aromatic rings. The standard InChI is InChI=1S/C19H16N4O2S2/c1-5-16(26-18-20-9-10-21-18)6-2-14(1)24-13-25-15-3-7-17(8-4-15)27-19-22-11-12-23-19/h1-12H,13H2,(H,20,21)(H,22,23). The molecular weight excluding hydrogens is 380 g/mol. The summed E-state index contributed by atoms with van der Waals surface area (Å²) in [7, 11) is 0. The first-order valence-electron chi connectivity index (χ1n) is 8.15. The van der Waals surface area contributed by atoms with Gasteiger partial charge in [-0.2, -0.15) is 0 Å². The van der Waals surface area contributed by atoms with Gasteiger partial charge in [0.2, 0.25) is 6.79 Å². The lowest BCUT2D eigenvalue weighted by Crippen LogP contribution is -2.05. The third-order valence-electron chi connectivity index (χ3n) is 3.47. The number of benzene rings is 2. The molecule has 0 fully saturated rings. The highest BCUT2D eigenvalue weighted by molar-refractivity contribution is 7.99. The summed E-state index contributed by atoms with van der Waals surface area (Å²) in [6.07, 6.45) is 7.08. The molecule has 0 saturated heterocycles. The van der Waals surface area contributed by atoms with Crippen molar-refractivity contribution in [1.29, 1.82) is 0 Å². The molecule has 8 heteroatoms. The molecule has 2 aromatic heterocycles. The maximum absolute atomic E-state index is 5.64. The number of ether oxygens (including phenoxy) is 2. The summed E-state index contributed by atoms with van der Waals surface area (Å²) in [6.45, 7) is 0.148. The smallest absolute Gasteiger partial charge is 0.230 e. The first kappa shape index (κ1) is 17.6. The van der Waals surface area contributed by atoms with Crippen LogP contribution in [0.2, 0.25) is 0 Å². The van der Waals surface area contributed by atoms with Crippen LogP contribution in [-0.2, 0) is 0 Å². The monoisotopic (exact) mass is 396 g/mol. The number of rotatable bonds is 8. The Kier molecular flexibility index (Phi) is 5.66. The van der Waals surface area contributed by atoms with Crippen molar-refractivity contribution in [2.75, 3.05) is 6.79 Å². The molecule has 4 rings (SSSR count). The van der Waals surface area contributed by atoms with Crippen LogP contribution in [0.25, 0.3) is 0 Å². The van der Waals surface area contributed by atoms with Gasteiger partial charge in [-0.3, -0.25) is 0 Å². The van der Waals surface area contributed by atoms with Crippen molar-refractivity contribution in [3.63, 3.8) is 0 Å². The van der Waals surface area contributed by atoms with Gasteiger partial charge in [0.15, 0.2) is 10.3 Å². The van der Waals surface area contributed by atoms with Crippen molar-refractivity contribution < 1.29 is 9.47 Å². The molecule has 0 radical (unpaired) electrons. The van der Waals surface area contributed by atoms with E-state index in [1.54, 1.807) is 48.3 Å². The first-order valence-corrected chi connectivity index (χ1v) is 9.79. The Balaban J connectivity index is 1.24. The van der Waals surface area contributed by atoms with Gasteiger partial charge in [0, 0.05) is 34.6 Å². The van der Waals surface area contributed by atoms with Gasteiger partial charge in [0.25, 0.3) is 0 Å². The minimum atomic E-state index is 0.148. The van der Waals surface area contributed by atoms with Crippen LogP contribution < -0.4 is 9.47 Å². The van der Waals surface area contributed by atoms with Crippen molar-refractivity contribution in [2.45, 2.75) is 20.1 Å². The van der Waals surface area contributed by atoms with Crippen LogP contribution in [0.1, 0.15) is 0 Å². The Bertz CT molecular complexity index is 861. The number of hydrogen-bond donors (Lipinski definition) is 2. The highest BCUT2D eigenvalue weighted by Gasteiger charge is 2.02. The van der Waals surface area contributed by atoms with E-state index in [2.05, 4.69) is 19.9 Å². The van der Waals surface area contributed by atoms with Gasteiger partial charge in [0.05, 0.1) is 0 Å². The summed E-state index contributed by atoms with van der Waals surface area (Å²) in [5, 5.41) is 1.72. The molecular formula is C19H16N4O2S2. The molecule has 136 valence electrons. The second kappa shape index (κ2) is 8.70. The molecule has 6 nitrogen and oxygen atoms in total. The quantitative estimate of drug-likeness (QED) is 0.415. The lowest BCUT2D eigenvalue weighted by atomic mass is 10.3. The van der Waals surface area contributed by atoms with Crippen molar-refractivity contribution in [1.82, 2.24) is 19.9 Å². The Hall–Kier alpha value is -2.84. The van der Waals surface area contributed by atoms with E-state index in [4.69, 9.17) is 9.47 Å². The molecule has 0 aliphatic carbocycles.